The van der Waals surface area contributed by atoms with Crippen LogP contribution in [0.1, 0.15) is 5.56 Å². The van der Waals surface area contributed by atoms with Crippen LogP contribution in [0.15, 0.2) is 48.5 Å². The number of rotatable bonds is 1. The van der Waals surface area contributed by atoms with Crippen molar-refractivity contribution in [3.05, 3.63) is 64.2 Å². The second-order valence-electron chi connectivity index (χ2n) is 4.49. The van der Waals surface area contributed by atoms with E-state index in [1.807, 2.05) is 18.2 Å². The number of nitro groups is 1. The van der Waals surface area contributed by atoms with Gasteiger partial charge in [-0.15, -0.1) is 0 Å². The number of non-ortho nitro benzene ring substituents is 1. The smallest absolute Gasteiger partial charge is 0.258 e. The van der Waals surface area contributed by atoms with Crippen molar-refractivity contribution in [2.45, 2.75) is 6.92 Å². The molecule has 88 valence electrons. The molecule has 18 heavy (non-hydrogen) atoms. The van der Waals surface area contributed by atoms with E-state index in [1.165, 1.54) is 5.56 Å². The second-order valence-corrected chi connectivity index (χ2v) is 4.49. The summed E-state index contributed by atoms with van der Waals surface area (Å²) in [6.07, 6.45) is 0. The molecule has 0 saturated heterocycles. The van der Waals surface area contributed by atoms with Crippen LogP contribution in [0.25, 0.3) is 21.5 Å². The molecule has 0 bridgehead atoms. The molecule has 0 N–H and O–H groups in total. The summed E-state index contributed by atoms with van der Waals surface area (Å²) >= 11 is 0. The summed E-state index contributed by atoms with van der Waals surface area (Å²) in [5.74, 6) is 0. The molecule has 0 spiro atoms. The van der Waals surface area contributed by atoms with E-state index in [9.17, 15) is 10.1 Å². The van der Waals surface area contributed by atoms with Crippen molar-refractivity contribution < 1.29 is 4.92 Å². The molecule has 3 aromatic rings. The Hall–Kier alpha value is -2.42. The molecule has 0 saturated carbocycles. The highest BCUT2D eigenvalue weighted by Crippen LogP contribution is 2.26. The maximum absolute atomic E-state index is 10.8. The maximum atomic E-state index is 10.8. The Morgan fingerprint density at radius 1 is 0.833 bits per heavy atom. The first-order valence-electron chi connectivity index (χ1n) is 5.72. The van der Waals surface area contributed by atoms with Crippen molar-refractivity contribution >= 4 is 27.2 Å². The monoisotopic (exact) mass is 237 g/mol. The van der Waals surface area contributed by atoms with E-state index in [4.69, 9.17) is 0 Å². The molecule has 3 nitrogen and oxygen atoms in total. The van der Waals surface area contributed by atoms with Crippen LogP contribution >= 0.6 is 0 Å². The number of hydrogen-bond donors (Lipinski definition) is 0. The minimum absolute atomic E-state index is 0.133. The molecule has 3 aromatic carbocycles. The Morgan fingerprint density at radius 3 is 2.11 bits per heavy atom. The molecule has 0 aliphatic rings. The molecule has 0 radical (unpaired) electrons. The van der Waals surface area contributed by atoms with Gasteiger partial charge in [0.05, 0.1) is 4.92 Å². The van der Waals surface area contributed by atoms with Gasteiger partial charge in [0.15, 0.2) is 0 Å². The average molecular weight is 237 g/mol. The summed E-state index contributed by atoms with van der Waals surface area (Å²) in [7, 11) is 0. The van der Waals surface area contributed by atoms with Crippen molar-refractivity contribution in [3.63, 3.8) is 0 Å². The fourth-order valence-corrected chi connectivity index (χ4v) is 2.22. The lowest BCUT2D eigenvalue weighted by Crippen LogP contribution is -1.87. The van der Waals surface area contributed by atoms with Crippen LogP contribution in [0.3, 0.4) is 0 Å². The number of aryl methyl sites for hydroxylation is 1. The van der Waals surface area contributed by atoms with Crippen LogP contribution in [-0.2, 0) is 0 Å². The lowest BCUT2D eigenvalue weighted by molar-refractivity contribution is -0.384. The van der Waals surface area contributed by atoms with Crippen LogP contribution in [0.2, 0.25) is 0 Å². The lowest BCUT2D eigenvalue weighted by atomic mass is 10.0. The fourth-order valence-electron chi connectivity index (χ4n) is 2.22. The summed E-state index contributed by atoms with van der Waals surface area (Å²) in [4.78, 5) is 10.4. The SMILES string of the molecule is Cc1ccc2cc3cc([N+](=O)[O-])ccc3cc2c1. The van der Waals surface area contributed by atoms with Crippen LogP contribution in [0.4, 0.5) is 5.69 Å². The topological polar surface area (TPSA) is 43.1 Å². The zero-order valence-electron chi connectivity index (χ0n) is 9.88. The predicted molar refractivity (Wildman–Crippen MR) is 72.8 cm³/mol. The molecule has 3 heteroatoms. The normalized spacial score (nSPS) is 10.9. The van der Waals surface area contributed by atoms with Crippen molar-refractivity contribution in [1.29, 1.82) is 0 Å². The summed E-state index contributed by atoms with van der Waals surface area (Å²) in [6.45, 7) is 2.06. The van der Waals surface area contributed by atoms with E-state index < -0.39 is 0 Å². The lowest BCUT2D eigenvalue weighted by Gasteiger charge is -2.03. The highest BCUT2D eigenvalue weighted by Gasteiger charge is 2.06. The molecular formula is C15H11NO2. The quantitative estimate of drug-likeness (QED) is 0.361. The van der Waals surface area contributed by atoms with E-state index in [1.54, 1.807) is 18.2 Å². The summed E-state index contributed by atoms with van der Waals surface area (Å²) < 4.78 is 0. The number of hydrogen-bond acceptors (Lipinski definition) is 2. The van der Waals surface area contributed by atoms with Gasteiger partial charge in [-0.05, 0) is 46.7 Å². The zero-order chi connectivity index (χ0) is 12.7. The van der Waals surface area contributed by atoms with Crippen molar-refractivity contribution in [2.75, 3.05) is 0 Å². The van der Waals surface area contributed by atoms with E-state index >= 15 is 0 Å². The summed E-state index contributed by atoms with van der Waals surface area (Å²) in [6, 6.07) is 15.2. The minimum Gasteiger partial charge on any atom is -0.258 e. The summed E-state index contributed by atoms with van der Waals surface area (Å²) in [5, 5.41) is 15.0. The van der Waals surface area contributed by atoms with Crippen molar-refractivity contribution in [3.8, 4) is 0 Å². The third kappa shape index (κ3) is 1.70. The number of nitrogens with zero attached hydrogens (tertiary/aromatic N) is 1. The third-order valence-corrected chi connectivity index (χ3v) is 3.15. The van der Waals surface area contributed by atoms with Gasteiger partial charge in [0.2, 0.25) is 0 Å². The van der Waals surface area contributed by atoms with Gasteiger partial charge in [-0.2, -0.15) is 0 Å². The van der Waals surface area contributed by atoms with Gasteiger partial charge in [-0.1, -0.05) is 23.8 Å². The number of fused-ring (bicyclic) bond motifs is 2. The van der Waals surface area contributed by atoms with Gasteiger partial charge in [0, 0.05) is 12.1 Å². The van der Waals surface area contributed by atoms with Gasteiger partial charge in [0.1, 0.15) is 0 Å². The maximum Gasteiger partial charge on any atom is 0.270 e. The first-order chi connectivity index (χ1) is 8.63. The molecule has 3 rings (SSSR count). The predicted octanol–water partition coefficient (Wildman–Crippen LogP) is 4.21. The molecule has 0 heterocycles. The second kappa shape index (κ2) is 3.81. The van der Waals surface area contributed by atoms with Gasteiger partial charge >= 0.3 is 0 Å². The van der Waals surface area contributed by atoms with Gasteiger partial charge < -0.3 is 0 Å². The highest BCUT2D eigenvalue weighted by molar-refractivity contribution is 5.99. The Morgan fingerprint density at radius 2 is 1.44 bits per heavy atom. The van der Waals surface area contributed by atoms with Crippen molar-refractivity contribution in [1.82, 2.24) is 0 Å². The summed E-state index contributed by atoms with van der Waals surface area (Å²) in [5.41, 5.74) is 1.35. The van der Waals surface area contributed by atoms with Gasteiger partial charge in [0.25, 0.3) is 5.69 Å². The van der Waals surface area contributed by atoms with Crippen LogP contribution in [-0.4, -0.2) is 4.92 Å². The van der Waals surface area contributed by atoms with Crippen molar-refractivity contribution in [2.24, 2.45) is 0 Å². The molecule has 0 unspecified atom stereocenters. The average Bonchev–Trinajstić information content (AvgIpc) is 2.35. The molecule has 0 aromatic heterocycles. The molecule has 0 aliphatic heterocycles. The van der Waals surface area contributed by atoms with Gasteiger partial charge in [-0.3, -0.25) is 10.1 Å². The number of benzene rings is 3. The van der Waals surface area contributed by atoms with E-state index in [0.29, 0.717) is 0 Å². The fraction of sp³-hybridized carbons (Fsp3) is 0.0667. The van der Waals surface area contributed by atoms with E-state index in [0.717, 1.165) is 21.5 Å². The highest BCUT2D eigenvalue weighted by atomic mass is 16.6. The Labute approximate surface area is 104 Å². The Balaban J connectivity index is 2.34. The first-order valence-corrected chi connectivity index (χ1v) is 5.72. The Kier molecular flexibility index (Phi) is 2.27. The van der Waals surface area contributed by atoms with E-state index in [-0.39, 0.29) is 10.6 Å². The largest absolute Gasteiger partial charge is 0.270 e. The van der Waals surface area contributed by atoms with Crippen LogP contribution in [0.5, 0.6) is 0 Å². The molecule has 0 atom stereocenters. The third-order valence-electron chi connectivity index (χ3n) is 3.15. The molecule has 0 fully saturated rings. The Bertz CT molecular complexity index is 778. The number of nitro benzene ring substituents is 1. The molecule has 0 amide bonds. The van der Waals surface area contributed by atoms with Crippen LogP contribution in [0, 0.1) is 17.0 Å². The first kappa shape index (κ1) is 10.7. The molecular weight excluding hydrogens is 226 g/mol. The minimum atomic E-state index is -0.362. The standard InChI is InChI=1S/C15H11NO2/c1-10-2-3-11-8-14-9-15(16(17)18)5-4-12(14)7-13(11)6-10/h2-9H,1H3. The zero-order valence-corrected chi connectivity index (χ0v) is 9.88. The molecule has 0 aliphatic carbocycles. The van der Waals surface area contributed by atoms with Gasteiger partial charge in [-0.25, -0.2) is 0 Å². The van der Waals surface area contributed by atoms with Crippen LogP contribution < -0.4 is 0 Å². The van der Waals surface area contributed by atoms with E-state index in [2.05, 4.69) is 19.1 Å².